The van der Waals surface area contributed by atoms with E-state index >= 15 is 0 Å². The Hall–Kier alpha value is -0.340. The van der Waals surface area contributed by atoms with Gasteiger partial charge in [0.15, 0.2) is 0 Å². The maximum absolute atomic E-state index is 11.9. The van der Waals surface area contributed by atoms with Gasteiger partial charge in [-0.3, -0.25) is 9.36 Å². The van der Waals surface area contributed by atoms with E-state index in [9.17, 15) is 14.3 Å². The molecule has 0 saturated heterocycles. The van der Waals surface area contributed by atoms with Crippen molar-refractivity contribution in [2.24, 2.45) is 5.92 Å². The fourth-order valence-corrected chi connectivity index (χ4v) is 3.43. The van der Waals surface area contributed by atoms with E-state index in [4.69, 9.17) is 5.11 Å². The number of carbonyl (C=O) groups is 1. The first kappa shape index (κ1) is 15.7. The summed E-state index contributed by atoms with van der Waals surface area (Å²) in [6.07, 6.45) is 4.03. The average molecular weight is 250 g/mol. The molecule has 0 spiro atoms. The minimum atomic E-state index is -3.31. The van der Waals surface area contributed by atoms with Crippen LogP contribution in [0.25, 0.3) is 0 Å². The molecule has 0 radical (unpaired) electrons. The van der Waals surface area contributed by atoms with Crippen LogP contribution in [0.15, 0.2) is 0 Å². The number of carboxylic acids is 1. The van der Waals surface area contributed by atoms with Gasteiger partial charge in [-0.2, -0.15) is 0 Å². The van der Waals surface area contributed by atoms with Crippen LogP contribution in [0.5, 0.6) is 0 Å². The molecule has 2 N–H and O–H groups in total. The van der Waals surface area contributed by atoms with Crippen LogP contribution in [0.1, 0.15) is 46.5 Å². The first-order valence-corrected chi connectivity index (χ1v) is 7.78. The van der Waals surface area contributed by atoms with Crippen LogP contribution in [0.3, 0.4) is 0 Å². The van der Waals surface area contributed by atoms with Crippen molar-refractivity contribution in [1.29, 1.82) is 0 Å². The van der Waals surface area contributed by atoms with E-state index in [0.717, 1.165) is 19.3 Å². The number of rotatable bonds is 8. The number of aliphatic carboxylic acids is 1. The van der Waals surface area contributed by atoms with Gasteiger partial charge in [-0.15, -0.1) is 0 Å². The Morgan fingerprint density at radius 1 is 1.25 bits per heavy atom. The SMILES string of the molecule is CCCCCCP(=O)(O)C(C)C(C)C(=O)O. The van der Waals surface area contributed by atoms with Gasteiger partial charge in [-0.25, -0.2) is 0 Å². The zero-order chi connectivity index (χ0) is 12.8. The molecule has 0 rings (SSSR count). The molecule has 5 heteroatoms. The molecule has 16 heavy (non-hydrogen) atoms. The molecular formula is C11H23O4P. The standard InChI is InChI=1S/C11H23O4P/c1-4-5-6-7-8-16(14,15)10(3)9(2)11(12)13/h9-10H,4-8H2,1-3H3,(H,12,13)(H,14,15). The Labute approximate surface area is 97.5 Å². The minimum Gasteiger partial charge on any atom is -0.481 e. The van der Waals surface area contributed by atoms with Gasteiger partial charge >= 0.3 is 5.97 Å². The average Bonchev–Trinajstić information content (AvgIpc) is 2.22. The molecule has 0 saturated carbocycles. The first-order chi connectivity index (χ1) is 7.33. The van der Waals surface area contributed by atoms with Crippen molar-refractivity contribution in [2.75, 3.05) is 6.16 Å². The third kappa shape index (κ3) is 5.13. The molecule has 0 bridgehead atoms. The van der Waals surface area contributed by atoms with Gasteiger partial charge < -0.3 is 10.00 Å². The summed E-state index contributed by atoms with van der Waals surface area (Å²) >= 11 is 0. The largest absolute Gasteiger partial charge is 0.481 e. The van der Waals surface area contributed by atoms with Crippen molar-refractivity contribution in [3.8, 4) is 0 Å². The Bertz CT molecular complexity index is 265. The molecule has 4 nitrogen and oxygen atoms in total. The Morgan fingerprint density at radius 2 is 1.81 bits per heavy atom. The van der Waals surface area contributed by atoms with Crippen LogP contribution in [0.4, 0.5) is 0 Å². The molecule has 0 heterocycles. The van der Waals surface area contributed by atoms with Crippen molar-refractivity contribution in [1.82, 2.24) is 0 Å². The summed E-state index contributed by atoms with van der Waals surface area (Å²) in [4.78, 5) is 20.5. The summed E-state index contributed by atoms with van der Waals surface area (Å²) in [5.74, 6) is -1.77. The predicted molar refractivity (Wildman–Crippen MR) is 65.1 cm³/mol. The predicted octanol–water partition coefficient (Wildman–Crippen LogP) is 2.95. The molecule has 0 aliphatic rings. The summed E-state index contributed by atoms with van der Waals surface area (Å²) in [6.45, 7) is 5.12. The second-order valence-corrected chi connectivity index (χ2v) is 7.18. The van der Waals surface area contributed by atoms with Crippen LogP contribution in [-0.4, -0.2) is 27.8 Å². The maximum atomic E-state index is 11.9. The van der Waals surface area contributed by atoms with Gasteiger partial charge in [0, 0.05) is 11.8 Å². The molecule has 0 aromatic rings. The number of hydrogen-bond donors (Lipinski definition) is 2. The quantitative estimate of drug-likeness (QED) is 0.513. The fraction of sp³-hybridized carbons (Fsp3) is 0.909. The Balaban J connectivity index is 4.20. The summed E-state index contributed by atoms with van der Waals surface area (Å²) in [5, 5.41) is 8.79. The lowest BCUT2D eigenvalue weighted by Crippen LogP contribution is -2.23. The van der Waals surface area contributed by atoms with Crippen molar-refractivity contribution >= 4 is 13.3 Å². The fourth-order valence-electron chi connectivity index (χ4n) is 1.52. The van der Waals surface area contributed by atoms with Crippen molar-refractivity contribution in [2.45, 2.75) is 52.1 Å². The van der Waals surface area contributed by atoms with Crippen molar-refractivity contribution in [3.63, 3.8) is 0 Å². The van der Waals surface area contributed by atoms with Gasteiger partial charge in [0.2, 0.25) is 7.37 Å². The van der Waals surface area contributed by atoms with Crippen molar-refractivity contribution in [3.05, 3.63) is 0 Å². The van der Waals surface area contributed by atoms with Crippen molar-refractivity contribution < 1.29 is 19.4 Å². The summed E-state index contributed by atoms with van der Waals surface area (Å²) in [7, 11) is -3.31. The number of unbranched alkanes of at least 4 members (excludes halogenated alkanes) is 3. The molecule has 0 amide bonds. The maximum Gasteiger partial charge on any atom is 0.307 e. The highest BCUT2D eigenvalue weighted by Gasteiger charge is 2.34. The molecule has 0 aliphatic carbocycles. The molecule has 0 fully saturated rings. The van der Waals surface area contributed by atoms with Crippen LogP contribution < -0.4 is 0 Å². The molecular weight excluding hydrogens is 227 g/mol. The zero-order valence-electron chi connectivity index (χ0n) is 10.3. The zero-order valence-corrected chi connectivity index (χ0v) is 11.2. The number of carboxylic acid groups (broad SMARTS) is 1. The van der Waals surface area contributed by atoms with Gasteiger partial charge in [-0.1, -0.05) is 40.0 Å². The second kappa shape index (κ2) is 7.08. The van der Waals surface area contributed by atoms with E-state index in [0.29, 0.717) is 6.42 Å². The van der Waals surface area contributed by atoms with E-state index in [1.807, 2.05) is 0 Å². The Morgan fingerprint density at radius 3 is 2.25 bits per heavy atom. The normalized spacial score (nSPS) is 18.8. The lowest BCUT2D eigenvalue weighted by molar-refractivity contribution is -0.141. The highest BCUT2D eigenvalue weighted by Crippen LogP contribution is 2.49. The Kier molecular flexibility index (Phi) is 6.93. The van der Waals surface area contributed by atoms with Gasteiger partial charge in [-0.05, 0) is 6.42 Å². The van der Waals surface area contributed by atoms with E-state index < -0.39 is 24.9 Å². The smallest absolute Gasteiger partial charge is 0.307 e. The van der Waals surface area contributed by atoms with Crippen LogP contribution in [0.2, 0.25) is 0 Å². The monoisotopic (exact) mass is 250 g/mol. The third-order valence-electron chi connectivity index (χ3n) is 3.08. The van der Waals surface area contributed by atoms with E-state index in [2.05, 4.69) is 6.92 Å². The molecule has 0 aliphatic heterocycles. The summed E-state index contributed by atoms with van der Waals surface area (Å²) < 4.78 is 11.9. The van der Waals surface area contributed by atoms with Crippen LogP contribution in [-0.2, 0) is 9.36 Å². The molecule has 96 valence electrons. The summed E-state index contributed by atoms with van der Waals surface area (Å²) in [6, 6.07) is 0. The molecule has 0 aromatic carbocycles. The van der Waals surface area contributed by atoms with E-state index in [-0.39, 0.29) is 6.16 Å². The van der Waals surface area contributed by atoms with Gasteiger partial charge in [0.05, 0.1) is 5.92 Å². The van der Waals surface area contributed by atoms with E-state index in [1.54, 1.807) is 6.92 Å². The topological polar surface area (TPSA) is 74.6 Å². The number of hydrogen-bond acceptors (Lipinski definition) is 2. The lowest BCUT2D eigenvalue weighted by atomic mass is 10.1. The molecule has 0 aromatic heterocycles. The highest BCUT2D eigenvalue weighted by molar-refractivity contribution is 7.58. The van der Waals surface area contributed by atoms with Gasteiger partial charge in [0.25, 0.3) is 0 Å². The first-order valence-electron chi connectivity index (χ1n) is 5.87. The highest BCUT2D eigenvalue weighted by atomic mass is 31.2. The van der Waals surface area contributed by atoms with Gasteiger partial charge in [0.1, 0.15) is 0 Å². The summed E-state index contributed by atoms with van der Waals surface area (Å²) in [5.41, 5.74) is -0.661. The molecule has 3 atom stereocenters. The third-order valence-corrected chi connectivity index (χ3v) is 5.76. The van der Waals surface area contributed by atoms with Crippen LogP contribution in [0, 0.1) is 5.92 Å². The minimum absolute atomic E-state index is 0.242. The molecule has 3 unspecified atom stereocenters. The lowest BCUT2D eigenvalue weighted by Gasteiger charge is -2.22. The second-order valence-electron chi connectivity index (χ2n) is 4.41. The van der Waals surface area contributed by atoms with E-state index in [1.165, 1.54) is 6.92 Å². The van der Waals surface area contributed by atoms with Crippen LogP contribution >= 0.6 is 7.37 Å².